The van der Waals surface area contributed by atoms with Gasteiger partial charge in [0.1, 0.15) is 19.8 Å². The lowest BCUT2D eigenvalue weighted by atomic mass is 9.83. The van der Waals surface area contributed by atoms with Crippen LogP contribution < -0.4 is 10.6 Å². The van der Waals surface area contributed by atoms with Gasteiger partial charge in [-0.15, -0.1) is 0 Å². The van der Waals surface area contributed by atoms with E-state index in [9.17, 15) is 24.0 Å². The quantitative estimate of drug-likeness (QED) is 0.0454. The third-order valence-corrected chi connectivity index (χ3v) is 7.14. The molecular weight excluding hydrogens is 668 g/mol. The van der Waals surface area contributed by atoms with Gasteiger partial charge in [-0.2, -0.15) is 0 Å². The van der Waals surface area contributed by atoms with E-state index in [-0.39, 0.29) is 75.4 Å². The SMILES string of the molecule is C=C(C)COCC(COCC1CCC(COCC(COC(=O)C(=C)C)OC(=O)NCCOC(=O)C(=C)C)CC1)OC(=O)NCCOC(=O)C(=C)C. The van der Waals surface area contributed by atoms with Crippen LogP contribution in [0.4, 0.5) is 9.59 Å². The predicted octanol–water partition coefficient (Wildman–Crippen LogP) is 3.97. The average Bonchev–Trinajstić information content (AvgIpc) is 3.07. The maximum absolute atomic E-state index is 12.3. The summed E-state index contributed by atoms with van der Waals surface area (Å²) in [5, 5.41) is 5.02. The Morgan fingerprint density at radius 1 is 0.569 bits per heavy atom. The molecule has 15 nitrogen and oxygen atoms in total. The molecule has 0 radical (unpaired) electrons. The van der Waals surface area contributed by atoms with Crippen molar-refractivity contribution in [3.05, 3.63) is 48.6 Å². The fraction of sp³-hybridized carbons (Fsp3) is 0.639. The van der Waals surface area contributed by atoms with Crippen molar-refractivity contribution in [2.45, 2.75) is 65.6 Å². The molecule has 2 N–H and O–H groups in total. The lowest BCUT2D eigenvalue weighted by molar-refractivity contribution is -0.143. The van der Waals surface area contributed by atoms with Crippen molar-refractivity contribution >= 4 is 30.1 Å². The van der Waals surface area contributed by atoms with E-state index in [0.717, 1.165) is 31.3 Å². The molecule has 288 valence electrons. The van der Waals surface area contributed by atoms with E-state index >= 15 is 0 Å². The van der Waals surface area contributed by atoms with Crippen molar-refractivity contribution in [2.24, 2.45) is 11.8 Å². The van der Waals surface area contributed by atoms with Crippen LogP contribution in [0.15, 0.2) is 48.6 Å². The maximum Gasteiger partial charge on any atom is 0.407 e. The number of carbonyl (C=O) groups is 5. The van der Waals surface area contributed by atoms with Gasteiger partial charge in [-0.25, -0.2) is 24.0 Å². The number of ether oxygens (including phenoxy) is 8. The molecule has 1 saturated carbocycles. The number of nitrogens with one attached hydrogen (secondary N) is 2. The minimum Gasteiger partial charge on any atom is -0.460 e. The summed E-state index contributed by atoms with van der Waals surface area (Å²) in [6, 6.07) is 0. The van der Waals surface area contributed by atoms with Crippen molar-refractivity contribution in [1.82, 2.24) is 10.6 Å². The van der Waals surface area contributed by atoms with E-state index in [0.29, 0.717) is 25.7 Å². The molecule has 0 spiro atoms. The lowest BCUT2D eigenvalue weighted by Gasteiger charge is -2.29. The van der Waals surface area contributed by atoms with E-state index in [4.69, 9.17) is 37.9 Å². The summed E-state index contributed by atoms with van der Waals surface area (Å²) in [6.07, 6.45) is 0.621. The van der Waals surface area contributed by atoms with Crippen molar-refractivity contribution in [1.29, 1.82) is 0 Å². The Hall–Kier alpha value is -4.21. The van der Waals surface area contributed by atoms with E-state index in [1.54, 1.807) is 0 Å². The molecule has 0 aromatic heterocycles. The second kappa shape index (κ2) is 25.7. The highest BCUT2D eigenvalue weighted by molar-refractivity contribution is 5.87. The highest BCUT2D eigenvalue weighted by atomic mass is 16.6. The van der Waals surface area contributed by atoms with Crippen molar-refractivity contribution in [3.63, 3.8) is 0 Å². The number of carbonyl (C=O) groups excluding carboxylic acids is 5. The number of hydrogen-bond donors (Lipinski definition) is 2. The zero-order valence-corrected chi connectivity index (χ0v) is 30.6. The van der Waals surface area contributed by atoms with Crippen LogP contribution in [0.1, 0.15) is 53.4 Å². The van der Waals surface area contributed by atoms with Crippen LogP contribution in [0.25, 0.3) is 0 Å². The van der Waals surface area contributed by atoms with Crippen LogP contribution in [0.2, 0.25) is 0 Å². The molecule has 0 aromatic carbocycles. The first-order chi connectivity index (χ1) is 24.2. The van der Waals surface area contributed by atoms with Crippen LogP contribution in [0.5, 0.6) is 0 Å². The van der Waals surface area contributed by atoms with Gasteiger partial charge in [0, 0.05) is 29.9 Å². The first-order valence-corrected chi connectivity index (χ1v) is 16.9. The molecule has 2 amide bonds. The molecule has 0 heterocycles. The van der Waals surface area contributed by atoms with E-state index in [1.165, 1.54) is 20.8 Å². The molecule has 51 heavy (non-hydrogen) atoms. The smallest absolute Gasteiger partial charge is 0.407 e. The Kier molecular flexibility index (Phi) is 22.6. The zero-order valence-electron chi connectivity index (χ0n) is 30.6. The highest BCUT2D eigenvalue weighted by Crippen LogP contribution is 2.29. The monoisotopic (exact) mass is 724 g/mol. The molecule has 0 aromatic rings. The lowest BCUT2D eigenvalue weighted by Crippen LogP contribution is -2.37. The number of alkyl carbamates (subject to hydrolysis) is 2. The number of rotatable bonds is 25. The molecule has 1 fully saturated rings. The Labute approximate surface area is 301 Å². The Balaban J connectivity index is 2.46. The predicted molar refractivity (Wildman–Crippen MR) is 187 cm³/mol. The van der Waals surface area contributed by atoms with Crippen molar-refractivity contribution in [2.75, 3.05) is 72.6 Å². The summed E-state index contributed by atoms with van der Waals surface area (Å²) in [5.74, 6) is -1.13. The molecule has 15 heteroatoms. The second-order valence-electron chi connectivity index (χ2n) is 12.6. The van der Waals surface area contributed by atoms with Gasteiger partial charge >= 0.3 is 30.1 Å². The largest absolute Gasteiger partial charge is 0.460 e. The molecule has 2 unspecified atom stereocenters. The highest BCUT2D eigenvalue weighted by Gasteiger charge is 2.24. The molecular formula is C36H56N2O13. The third kappa shape index (κ3) is 22.3. The minimum absolute atomic E-state index is 0.00658. The summed E-state index contributed by atoms with van der Waals surface area (Å²) in [4.78, 5) is 59.4. The van der Waals surface area contributed by atoms with Gasteiger partial charge in [-0.3, -0.25) is 0 Å². The molecule has 1 rings (SSSR count). The summed E-state index contributed by atoms with van der Waals surface area (Å²) in [6.45, 7) is 22.0. The molecule has 2 atom stereocenters. The maximum atomic E-state index is 12.3. The average molecular weight is 725 g/mol. The van der Waals surface area contributed by atoms with Crippen LogP contribution in [-0.2, 0) is 52.3 Å². The van der Waals surface area contributed by atoms with Crippen LogP contribution in [-0.4, -0.2) is 115 Å². The Morgan fingerprint density at radius 2 is 0.941 bits per heavy atom. The Morgan fingerprint density at radius 3 is 1.33 bits per heavy atom. The molecule has 1 aliphatic carbocycles. The molecule has 0 bridgehead atoms. The van der Waals surface area contributed by atoms with Gasteiger partial charge in [0.15, 0.2) is 12.2 Å². The number of esters is 3. The van der Waals surface area contributed by atoms with Gasteiger partial charge in [0.25, 0.3) is 0 Å². The van der Waals surface area contributed by atoms with E-state index in [1.807, 2.05) is 6.92 Å². The van der Waals surface area contributed by atoms with Gasteiger partial charge in [-0.05, 0) is 65.2 Å². The zero-order chi connectivity index (χ0) is 38.2. The van der Waals surface area contributed by atoms with E-state index < -0.39 is 42.3 Å². The van der Waals surface area contributed by atoms with Gasteiger partial charge in [-0.1, -0.05) is 31.9 Å². The van der Waals surface area contributed by atoms with Gasteiger partial charge < -0.3 is 48.5 Å². The Bertz CT molecular complexity index is 1190. The number of amides is 2. The molecule has 0 saturated heterocycles. The van der Waals surface area contributed by atoms with Gasteiger partial charge in [0.2, 0.25) is 0 Å². The fourth-order valence-corrected chi connectivity index (χ4v) is 4.41. The fourth-order valence-electron chi connectivity index (χ4n) is 4.41. The molecule has 1 aliphatic rings. The van der Waals surface area contributed by atoms with Crippen LogP contribution in [0.3, 0.4) is 0 Å². The van der Waals surface area contributed by atoms with Crippen LogP contribution >= 0.6 is 0 Å². The topological polar surface area (TPSA) is 183 Å². The first-order valence-electron chi connectivity index (χ1n) is 16.9. The van der Waals surface area contributed by atoms with E-state index in [2.05, 4.69) is 36.9 Å². The summed E-state index contributed by atoms with van der Waals surface area (Å²) in [7, 11) is 0. The third-order valence-electron chi connectivity index (χ3n) is 7.14. The van der Waals surface area contributed by atoms with Crippen LogP contribution in [0, 0.1) is 11.8 Å². The first kappa shape index (κ1) is 44.8. The minimum atomic E-state index is -0.869. The summed E-state index contributed by atoms with van der Waals surface area (Å²) < 4.78 is 43.3. The second-order valence-corrected chi connectivity index (χ2v) is 12.6. The van der Waals surface area contributed by atoms with Gasteiger partial charge in [0.05, 0.1) is 39.5 Å². The number of hydrogen-bond acceptors (Lipinski definition) is 13. The summed E-state index contributed by atoms with van der Waals surface area (Å²) >= 11 is 0. The van der Waals surface area contributed by atoms with Crippen molar-refractivity contribution < 1.29 is 61.9 Å². The summed E-state index contributed by atoms with van der Waals surface area (Å²) in [5.41, 5.74) is 1.55. The normalized spacial score (nSPS) is 16.4. The molecule has 0 aliphatic heterocycles. The van der Waals surface area contributed by atoms with Crippen molar-refractivity contribution in [3.8, 4) is 0 Å². The standard InChI is InChI=1S/C36H56N2O13/c1-24(2)17-44-20-30(50-35(42)37-13-15-47-32(39)25(3)4)21-45-18-28-9-11-29(12-10-28)19-46-22-31(23-49-34(41)27(7)8)51-36(43)38-14-16-48-33(40)26(5)6/h28-31H,1,3,5,7,9-23H2,2,4,6,8H3,(H,37,42)(H,38,43).